The molecule has 0 radical (unpaired) electrons. The van der Waals surface area contributed by atoms with Gasteiger partial charge in [0.15, 0.2) is 6.10 Å². The Bertz CT molecular complexity index is 512. The summed E-state index contributed by atoms with van der Waals surface area (Å²) >= 11 is 0. The van der Waals surface area contributed by atoms with Crippen LogP contribution in [0.25, 0.3) is 0 Å². The van der Waals surface area contributed by atoms with E-state index in [2.05, 4.69) is 0 Å². The van der Waals surface area contributed by atoms with Crippen LogP contribution in [0, 0.1) is 5.92 Å². The van der Waals surface area contributed by atoms with Crippen molar-refractivity contribution in [3.05, 3.63) is 24.3 Å². The van der Waals surface area contributed by atoms with Gasteiger partial charge in [-0.3, -0.25) is 9.69 Å². The van der Waals surface area contributed by atoms with Crippen molar-refractivity contribution in [1.29, 1.82) is 0 Å². The number of carbonyl (C=O) groups is 2. The van der Waals surface area contributed by atoms with Crippen LogP contribution in [0.15, 0.2) is 24.3 Å². The molecule has 0 bridgehead atoms. The monoisotopic (exact) mass is 263 g/mol. The molecule has 1 N–H and O–H groups in total. The summed E-state index contributed by atoms with van der Waals surface area (Å²) < 4.78 is 5.68. The van der Waals surface area contributed by atoms with Gasteiger partial charge in [0.1, 0.15) is 11.8 Å². The van der Waals surface area contributed by atoms with Gasteiger partial charge in [0, 0.05) is 0 Å². The lowest BCUT2D eigenvalue weighted by atomic mass is 10.0. The van der Waals surface area contributed by atoms with Gasteiger partial charge in [-0.1, -0.05) is 26.0 Å². The van der Waals surface area contributed by atoms with Crippen LogP contribution >= 0.6 is 0 Å². The number of ether oxygens (including phenoxy) is 1. The van der Waals surface area contributed by atoms with E-state index in [1.165, 1.54) is 11.8 Å². The summed E-state index contributed by atoms with van der Waals surface area (Å²) in [5, 5.41) is 9.17. The Morgan fingerprint density at radius 1 is 1.32 bits per heavy atom. The van der Waals surface area contributed by atoms with Crippen molar-refractivity contribution in [2.24, 2.45) is 5.92 Å². The molecule has 2 rings (SSSR count). The molecule has 5 nitrogen and oxygen atoms in total. The Kier molecular flexibility index (Phi) is 3.46. The fourth-order valence-corrected chi connectivity index (χ4v) is 2.13. The molecule has 2 unspecified atom stereocenters. The number of anilines is 1. The van der Waals surface area contributed by atoms with Gasteiger partial charge in [-0.25, -0.2) is 4.79 Å². The maximum Gasteiger partial charge on any atom is 0.326 e. The quantitative estimate of drug-likeness (QED) is 0.904. The maximum atomic E-state index is 12.4. The number of benzene rings is 1. The highest BCUT2D eigenvalue weighted by Crippen LogP contribution is 2.36. The molecule has 5 heteroatoms. The number of amides is 1. The van der Waals surface area contributed by atoms with Crippen LogP contribution in [0.3, 0.4) is 0 Å². The van der Waals surface area contributed by atoms with Crippen molar-refractivity contribution in [2.45, 2.75) is 32.9 Å². The Labute approximate surface area is 111 Å². The van der Waals surface area contributed by atoms with Crippen LogP contribution in [0.4, 0.5) is 5.69 Å². The van der Waals surface area contributed by atoms with Crippen LogP contribution in [0.5, 0.6) is 5.75 Å². The molecule has 1 aromatic rings. The Hall–Kier alpha value is -2.04. The highest BCUT2D eigenvalue weighted by Gasteiger charge is 2.40. The molecule has 1 heterocycles. The molecular formula is C14H17NO4. The van der Waals surface area contributed by atoms with E-state index in [1.807, 2.05) is 13.8 Å². The van der Waals surface area contributed by atoms with Crippen LogP contribution in [0.1, 0.15) is 20.8 Å². The second kappa shape index (κ2) is 4.91. The minimum atomic E-state index is -1.03. The molecular weight excluding hydrogens is 246 g/mol. The topological polar surface area (TPSA) is 66.8 Å². The fourth-order valence-electron chi connectivity index (χ4n) is 2.13. The first-order valence-corrected chi connectivity index (χ1v) is 6.25. The summed E-state index contributed by atoms with van der Waals surface area (Å²) in [4.78, 5) is 24.9. The Balaban J connectivity index is 2.49. The normalized spacial score (nSPS) is 19.9. The molecule has 1 aromatic carbocycles. The standard InChI is InChI=1S/C14H17NO4/c1-8(2)12-13(16)15(9(3)14(17)18)10-6-4-5-7-11(10)19-12/h4-9,12H,1-3H3,(H,17,18). The second-order valence-electron chi connectivity index (χ2n) is 4.97. The zero-order valence-corrected chi connectivity index (χ0v) is 11.2. The average Bonchev–Trinajstić information content (AvgIpc) is 2.37. The van der Waals surface area contributed by atoms with E-state index in [0.29, 0.717) is 11.4 Å². The number of nitrogens with zero attached hydrogens (tertiary/aromatic N) is 1. The predicted molar refractivity (Wildman–Crippen MR) is 70.3 cm³/mol. The summed E-state index contributed by atoms with van der Waals surface area (Å²) in [6, 6.07) is 6.09. The summed E-state index contributed by atoms with van der Waals surface area (Å²) in [7, 11) is 0. The molecule has 102 valence electrons. The number of carboxylic acids is 1. The number of para-hydroxylation sites is 2. The number of hydrogen-bond acceptors (Lipinski definition) is 3. The summed E-state index contributed by atoms with van der Waals surface area (Å²) in [5.41, 5.74) is 0.513. The SMILES string of the molecule is CC(C)C1Oc2ccccc2N(C(C)C(=O)O)C1=O. The van der Waals surface area contributed by atoms with E-state index in [-0.39, 0.29) is 11.8 Å². The number of aliphatic carboxylic acids is 1. The van der Waals surface area contributed by atoms with Crippen LogP contribution in [0.2, 0.25) is 0 Å². The van der Waals surface area contributed by atoms with E-state index in [1.54, 1.807) is 24.3 Å². The third kappa shape index (κ3) is 2.28. The van der Waals surface area contributed by atoms with Gasteiger partial charge < -0.3 is 9.84 Å². The zero-order valence-electron chi connectivity index (χ0n) is 11.2. The first-order valence-electron chi connectivity index (χ1n) is 6.25. The predicted octanol–water partition coefficient (Wildman–Crippen LogP) is 1.91. The summed E-state index contributed by atoms with van der Waals surface area (Å²) in [6.07, 6.45) is -0.642. The van der Waals surface area contributed by atoms with E-state index < -0.39 is 18.1 Å². The molecule has 2 atom stereocenters. The largest absolute Gasteiger partial charge is 0.480 e. The van der Waals surface area contributed by atoms with E-state index >= 15 is 0 Å². The number of rotatable bonds is 3. The van der Waals surface area contributed by atoms with E-state index in [4.69, 9.17) is 9.84 Å². The molecule has 0 saturated heterocycles. The zero-order chi connectivity index (χ0) is 14.2. The van der Waals surface area contributed by atoms with E-state index in [9.17, 15) is 9.59 Å². The van der Waals surface area contributed by atoms with Crippen molar-refractivity contribution in [2.75, 3.05) is 4.90 Å². The third-order valence-electron chi connectivity index (χ3n) is 3.21. The lowest BCUT2D eigenvalue weighted by Gasteiger charge is -2.37. The van der Waals surface area contributed by atoms with Crippen LogP contribution in [-0.4, -0.2) is 29.1 Å². The van der Waals surface area contributed by atoms with Crippen LogP contribution in [-0.2, 0) is 9.59 Å². The first kappa shape index (κ1) is 13.4. The van der Waals surface area contributed by atoms with Crippen molar-refractivity contribution in [1.82, 2.24) is 0 Å². The lowest BCUT2D eigenvalue weighted by Crippen LogP contribution is -2.53. The molecule has 1 aliphatic heterocycles. The minimum Gasteiger partial charge on any atom is -0.480 e. The Morgan fingerprint density at radius 3 is 2.53 bits per heavy atom. The molecule has 0 fully saturated rings. The molecule has 0 spiro atoms. The molecule has 19 heavy (non-hydrogen) atoms. The average molecular weight is 263 g/mol. The van der Waals surface area contributed by atoms with Gasteiger partial charge >= 0.3 is 5.97 Å². The van der Waals surface area contributed by atoms with Crippen molar-refractivity contribution in [3.63, 3.8) is 0 Å². The third-order valence-corrected chi connectivity index (χ3v) is 3.21. The molecule has 0 saturated carbocycles. The number of carbonyl (C=O) groups excluding carboxylic acids is 1. The Morgan fingerprint density at radius 2 is 1.95 bits per heavy atom. The second-order valence-corrected chi connectivity index (χ2v) is 4.97. The molecule has 0 aliphatic carbocycles. The minimum absolute atomic E-state index is 0.0237. The van der Waals surface area contributed by atoms with Crippen molar-refractivity contribution < 1.29 is 19.4 Å². The molecule has 1 amide bonds. The molecule has 0 aromatic heterocycles. The van der Waals surface area contributed by atoms with Gasteiger partial charge in [0.05, 0.1) is 5.69 Å². The van der Waals surface area contributed by atoms with Gasteiger partial charge in [-0.2, -0.15) is 0 Å². The van der Waals surface area contributed by atoms with Gasteiger partial charge in [0.25, 0.3) is 5.91 Å². The van der Waals surface area contributed by atoms with Gasteiger partial charge in [0.2, 0.25) is 0 Å². The van der Waals surface area contributed by atoms with Crippen molar-refractivity contribution in [3.8, 4) is 5.75 Å². The highest BCUT2D eigenvalue weighted by atomic mass is 16.5. The smallest absolute Gasteiger partial charge is 0.326 e. The number of hydrogen-bond donors (Lipinski definition) is 1. The van der Waals surface area contributed by atoms with Crippen LogP contribution < -0.4 is 9.64 Å². The highest BCUT2D eigenvalue weighted by molar-refractivity contribution is 6.04. The van der Waals surface area contributed by atoms with Gasteiger partial charge in [-0.15, -0.1) is 0 Å². The lowest BCUT2D eigenvalue weighted by molar-refractivity contribution is -0.141. The first-order chi connectivity index (χ1) is 8.93. The van der Waals surface area contributed by atoms with E-state index in [0.717, 1.165) is 0 Å². The fraction of sp³-hybridized carbons (Fsp3) is 0.429. The maximum absolute atomic E-state index is 12.4. The van der Waals surface area contributed by atoms with Crippen molar-refractivity contribution >= 4 is 17.6 Å². The number of carboxylic acid groups (broad SMARTS) is 1. The summed E-state index contributed by atoms with van der Waals surface area (Å²) in [5.74, 6) is -0.811. The summed E-state index contributed by atoms with van der Waals surface area (Å²) in [6.45, 7) is 5.25. The number of fused-ring (bicyclic) bond motifs is 1. The molecule has 1 aliphatic rings. The van der Waals surface area contributed by atoms with Gasteiger partial charge in [-0.05, 0) is 25.0 Å².